The molecule has 0 aliphatic carbocycles. The maximum Gasteiger partial charge on any atom is 0.240 e. The number of hydrogen-bond acceptors (Lipinski definition) is 4. The van der Waals surface area contributed by atoms with E-state index < -0.39 is 10.0 Å². The fourth-order valence-electron chi connectivity index (χ4n) is 3.11. The van der Waals surface area contributed by atoms with E-state index in [0.717, 1.165) is 31.6 Å². The molecule has 1 unspecified atom stereocenters. The Morgan fingerprint density at radius 1 is 1.25 bits per heavy atom. The van der Waals surface area contributed by atoms with Crippen LogP contribution in [-0.4, -0.2) is 53.0 Å². The lowest BCUT2D eigenvalue weighted by Crippen LogP contribution is -2.42. The van der Waals surface area contributed by atoms with Gasteiger partial charge in [-0.3, -0.25) is 4.79 Å². The predicted octanol–water partition coefficient (Wildman–Crippen LogP) is 0.985. The van der Waals surface area contributed by atoms with Gasteiger partial charge in [-0.1, -0.05) is 12.1 Å². The summed E-state index contributed by atoms with van der Waals surface area (Å²) >= 11 is 0. The first kappa shape index (κ1) is 18.9. The fourth-order valence-corrected chi connectivity index (χ4v) is 3.84. The van der Waals surface area contributed by atoms with E-state index >= 15 is 0 Å². The van der Waals surface area contributed by atoms with Crippen LogP contribution in [0.15, 0.2) is 29.2 Å². The molecule has 0 bridgehead atoms. The van der Waals surface area contributed by atoms with E-state index in [1.165, 1.54) is 13.5 Å². The summed E-state index contributed by atoms with van der Waals surface area (Å²) in [6, 6.07) is 6.71. The molecule has 1 atom stereocenters. The van der Waals surface area contributed by atoms with Crippen molar-refractivity contribution < 1.29 is 13.2 Å². The number of piperidine rings is 1. The predicted molar refractivity (Wildman–Crippen MR) is 94.2 cm³/mol. The standard InChI is InChI=1S/C17H27N3O3S/c1-18-12-15-4-3-11-20(13-15)17(21)10-7-14-5-8-16(9-6-14)24(22,23)19-2/h5-6,8-9,15,18-19H,3-4,7,10-13H2,1-2H3. The van der Waals surface area contributed by atoms with Crippen LogP contribution >= 0.6 is 0 Å². The number of rotatable bonds is 7. The van der Waals surface area contributed by atoms with Gasteiger partial charge in [0.05, 0.1) is 4.90 Å². The summed E-state index contributed by atoms with van der Waals surface area (Å²) in [5.41, 5.74) is 0.974. The first-order valence-electron chi connectivity index (χ1n) is 8.41. The summed E-state index contributed by atoms with van der Waals surface area (Å²) in [6.07, 6.45) is 3.33. The molecule has 1 aromatic carbocycles. The zero-order chi connectivity index (χ0) is 17.6. The van der Waals surface area contributed by atoms with Crippen molar-refractivity contribution in [2.75, 3.05) is 33.7 Å². The molecule has 1 saturated heterocycles. The molecular formula is C17H27N3O3S. The second kappa shape index (κ2) is 8.60. The van der Waals surface area contributed by atoms with Crippen LogP contribution < -0.4 is 10.0 Å². The molecule has 1 aromatic rings. The number of likely N-dealkylation sites (tertiary alicyclic amines) is 1. The molecule has 2 rings (SSSR count). The average Bonchev–Trinajstić information content (AvgIpc) is 2.60. The molecular weight excluding hydrogens is 326 g/mol. The molecule has 6 nitrogen and oxygen atoms in total. The van der Waals surface area contributed by atoms with Crippen molar-refractivity contribution in [2.45, 2.75) is 30.6 Å². The third-order valence-electron chi connectivity index (χ3n) is 4.49. The van der Waals surface area contributed by atoms with Gasteiger partial charge in [0.1, 0.15) is 0 Å². The van der Waals surface area contributed by atoms with Gasteiger partial charge in [0, 0.05) is 19.5 Å². The van der Waals surface area contributed by atoms with Crippen LogP contribution in [0, 0.1) is 5.92 Å². The Hall–Kier alpha value is -1.44. The second-order valence-corrected chi connectivity index (χ2v) is 8.14. The second-order valence-electron chi connectivity index (χ2n) is 6.26. The highest BCUT2D eigenvalue weighted by molar-refractivity contribution is 7.89. The molecule has 0 saturated carbocycles. The summed E-state index contributed by atoms with van der Waals surface area (Å²) in [7, 11) is -0.0722. The van der Waals surface area contributed by atoms with Crippen LogP contribution in [0.1, 0.15) is 24.8 Å². The van der Waals surface area contributed by atoms with E-state index in [1.54, 1.807) is 24.3 Å². The molecule has 1 aliphatic rings. The number of carbonyl (C=O) groups is 1. The molecule has 0 aromatic heterocycles. The van der Waals surface area contributed by atoms with E-state index in [0.29, 0.717) is 18.8 Å². The quantitative estimate of drug-likeness (QED) is 0.766. The summed E-state index contributed by atoms with van der Waals surface area (Å²) in [5.74, 6) is 0.724. The highest BCUT2D eigenvalue weighted by atomic mass is 32.2. The minimum Gasteiger partial charge on any atom is -0.342 e. The summed E-state index contributed by atoms with van der Waals surface area (Å²) < 4.78 is 25.7. The molecule has 134 valence electrons. The first-order chi connectivity index (χ1) is 11.5. The van der Waals surface area contributed by atoms with Gasteiger partial charge in [-0.25, -0.2) is 13.1 Å². The fraction of sp³-hybridized carbons (Fsp3) is 0.588. The van der Waals surface area contributed by atoms with Crippen molar-refractivity contribution in [2.24, 2.45) is 5.92 Å². The lowest BCUT2D eigenvalue weighted by Gasteiger charge is -2.32. The normalized spacial score (nSPS) is 18.6. The van der Waals surface area contributed by atoms with E-state index in [1.807, 2.05) is 11.9 Å². The van der Waals surface area contributed by atoms with Crippen molar-refractivity contribution in [3.8, 4) is 0 Å². The van der Waals surface area contributed by atoms with Gasteiger partial charge in [0.2, 0.25) is 15.9 Å². The molecule has 1 fully saturated rings. The largest absolute Gasteiger partial charge is 0.342 e. The molecule has 24 heavy (non-hydrogen) atoms. The summed E-state index contributed by atoms with van der Waals surface area (Å²) in [4.78, 5) is 14.6. The summed E-state index contributed by atoms with van der Waals surface area (Å²) in [6.45, 7) is 2.63. The minimum absolute atomic E-state index is 0.183. The number of carbonyl (C=O) groups excluding carboxylic acids is 1. The van der Waals surface area contributed by atoms with Crippen LogP contribution in [0.25, 0.3) is 0 Å². The van der Waals surface area contributed by atoms with Gasteiger partial charge in [-0.2, -0.15) is 0 Å². The van der Waals surface area contributed by atoms with Crippen molar-refractivity contribution in [1.82, 2.24) is 14.9 Å². The van der Waals surface area contributed by atoms with Crippen LogP contribution in [0.2, 0.25) is 0 Å². The Kier molecular flexibility index (Phi) is 6.77. The monoisotopic (exact) mass is 353 g/mol. The number of sulfonamides is 1. The van der Waals surface area contributed by atoms with Gasteiger partial charge in [0.25, 0.3) is 0 Å². The minimum atomic E-state index is -3.41. The number of amides is 1. The van der Waals surface area contributed by atoms with Crippen LogP contribution in [0.5, 0.6) is 0 Å². The zero-order valence-electron chi connectivity index (χ0n) is 14.4. The lowest BCUT2D eigenvalue weighted by molar-refractivity contribution is -0.132. The van der Waals surface area contributed by atoms with E-state index in [4.69, 9.17) is 0 Å². The number of hydrogen-bond donors (Lipinski definition) is 2. The smallest absolute Gasteiger partial charge is 0.240 e. The Balaban J connectivity index is 1.87. The maximum absolute atomic E-state index is 12.4. The Morgan fingerprint density at radius 2 is 1.96 bits per heavy atom. The van der Waals surface area contributed by atoms with Gasteiger partial charge < -0.3 is 10.2 Å². The van der Waals surface area contributed by atoms with Crippen LogP contribution in [-0.2, 0) is 21.2 Å². The molecule has 0 radical (unpaired) electrons. The third kappa shape index (κ3) is 5.03. The number of nitrogens with zero attached hydrogens (tertiary/aromatic N) is 1. The topological polar surface area (TPSA) is 78.5 Å². The first-order valence-corrected chi connectivity index (χ1v) is 9.89. The molecule has 7 heteroatoms. The number of nitrogens with one attached hydrogen (secondary N) is 2. The van der Waals surface area contributed by atoms with Crippen LogP contribution in [0.4, 0.5) is 0 Å². The number of benzene rings is 1. The molecule has 0 spiro atoms. The highest BCUT2D eigenvalue weighted by Crippen LogP contribution is 2.17. The lowest BCUT2D eigenvalue weighted by atomic mass is 9.97. The number of aryl methyl sites for hydroxylation is 1. The van der Waals surface area contributed by atoms with Gasteiger partial charge in [-0.15, -0.1) is 0 Å². The SMILES string of the molecule is CNCC1CCCN(C(=O)CCc2ccc(S(=O)(=O)NC)cc2)C1. The molecule has 1 aliphatic heterocycles. The zero-order valence-corrected chi connectivity index (χ0v) is 15.2. The van der Waals surface area contributed by atoms with Gasteiger partial charge in [0.15, 0.2) is 0 Å². The molecule has 1 heterocycles. The van der Waals surface area contributed by atoms with Crippen LogP contribution in [0.3, 0.4) is 0 Å². The molecule has 2 N–H and O–H groups in total. The average molecular weight is 353 g/mol. The van der Waals surface area contributed by atoms with E-state index in [9.17, 15) is 13.2 Å². The van der Waals surface area contributed by atoms with Crippen molar-refractivity contribution >= 4 is 15.9 Å². The summed E-state index contributed by atoms with van der Waals surface area (Å²) in [5, 5.41) is 3.18. The Morgan fingerprint density at radius 3 is 2.58 bits per heavy atom. The van der Waals surface area contributed by atoms with Crippen molar-refractivity contribution in [3.05, 3.63) is 29.8 Å². The Bertz CT molecular complexity index is 642. The van der Waals surface area contributed by atoms with Gasteiger partial charge in [-0.05, 0) is 63.5 Å². The van der Waals surface area contributed by atoms with E-state index in [2.05, 4.69) is 10.0 Å². The third-order valence-corrected chi connectivity index (χ3v) is 5.92. The van der Waals surface area contributed by atoms with E-state index in [-0.39, 0.29) is 10.8 Å². The Labute approximate surface area is 144 Å². The molecule has 1 amide bonds. The maximum atomic E-state index is 12.4. The van der Waals surface area contributed by atoms with Crippen molar-refractivity contribution in [1.29, 1.82) is 0 Å². The highest BCUT2D eigenvalue weighted by Gasteiger charge is 2.22. The van der Waals surface area contributed by atoms with Crippen molar-refractivity contribution in [3.63, 3.8) is 0 Å². The van der Waals surface area contributed by atoms with Gasteiger partial charge >= 0.3 is 0 Å².